The molecule has 1 N–H and O–H groups in total. The van der Waals surface area contributed by atoms with Crippen molar-refractivity contribution in [2.75, 3.05) is 7.11 Å². The van der Waals surface area contributed by atoms with Crippen LogP contribution in [0.5, 0.6) is 5.75 Å². The highest BCUT2D eigenvalue weighted by Crippen LogP contribution is 2.21. The fraction of sp³-hybridized carbons (Fsp3) is 0.250. The number of hydrogen-bond acceptors (Lipinski definition) is 3. The first kappa shape index (κ1) is 11.3. The first-order chi connectivity index (χ1) is 7.06. The van der Waals surface area contributed by atoms with Crippen LogP contribution >= 0.6 is 0 Å². The maximum absolute atomic E-state index is 11.3. The van der Waals surface area contributed by atoms with Crippen LogP contribution in [0.25, 0.3) is 5.57 Å². The summed E-state index contributed by atoms with van der Waals surface area (Å²) in [4.78, 5) is 11.3. The van der Waals surface area contributed by atoms with E-state index in [9.17, 15) is 9.90 Å². The molecule has 1 aromatic rings. The molecule has 0 saturated heterocycles. The van der Waals surface area contributed by atoms with Gasteiger partial charge in [0.05, 0.1) is 12.7 Å². The van der Waals surface area contributed by atoms with Crippen LogP contribution in [-0.4, -0.2) is 18.0 Å². The van der Waals surface area contributed by atoms with Crippen LogP contribution in [0.1, 0.15) is 19.4 Å². The molecular formula is C12H14O3. The summed E-state index contributed by atoms with van der Waals surface area (Å²) in [6.45, 7) is 2.93. The van der Waals surface area contributed by atoms with Gasteiger partial charge in [0.25, 0.3) is 0 Å². The quantitative estimate of drug-likeness (QED) is 0.610. The van der Waals surface area contributed by atoms with Gasteiger partial charge in [0.15, 0.2) is 5.78 Å². The third kappa shape index (κ3) is 2.59. The Morgan fingerprint density at radius 3 is 2.07 bits per heavy atom. The summed E-state index contributed by atoms with van der Waals surface area (Å²) in [5, 5.41) is 9.39. The van der Waals surface area contributed by atoms with Crippen LogP contribution in [0.4, 0.5) is 0 Å². The summed E-state index contributed by atoms with van der Waals surface area (Å²) in [7, 11) is 1.58. The number of ketones is 1. The van der Waals surface area contributed by atoms with Crippen LogP contribution in [0.2, 0.25) is 0 Å². The second-order valence-electron chi connectivity index (χ2n) is 3.25. The van der Waals surface area contributed by atoms with Gasteiger partial charge in [-0.15, -0.1) is 0 Å². The number of Topliss-reactive ketones (excluding diaryl/α,β-unsaturated/α-hetero) is 1. The van der Waals surface area contributed by atoms with Gasteiger partial charge in [-0.25, -0.2) is 0 Å². The molecule has 1 aromatic carbocycles. The number of carbonyl (C=O) groups excluding carboxylic acids is 1. The number of rotatable bonds is 3. The SMILES string of the molecule is COc1ccc(C(C(C)=O)=C(C)O)cc1. The third-order valence-electron chi connectivity index (χ3n) is 2.09. The Morgan fingerprint density at radius 2 is 1.73 bits per heavy atom. The maximum Gasteiger partial charge on any atom is 0.163 e. The van der Waals surface area contributed by atoms with Crippen molar-refractivity contribution < 1.29 is 14.6 Å². The van der Waals surface area contributed by atoms with E-state index in [1.54, 1.807) is 31.4 Å². The molecule has 0 fully saturated rings. The van der Waals surface area contributed by atoms with E-state index < -0.39 is 0 Å². The molecule has 0 heterocycles. The van der Waals surface area contributed by atoms with Crippen LogP contribution < -0.4 is 4.74 Å². The van der Waals surface area contributed by atoms with Gasteiger partial charge < -0.3 is 9.84 Å². The van der Waals surface area contributed by atoms with Crippen molar-refractivity contribution in [3.63, 3.8) is 0 Å². The predicted octanol–water partition coefficient (Wildman–Crippen LogP) is 2.57. The largest absolute Gasteiger partial charge is 0.512 e. The Kier molecular flexibility index (Phi) is 3.50. The third-order valence-corrected chi connectivity index (χ3v) is 2.09. The van der Waals surface area contributed by atoms with Crippen molar-refractivity contribution in [2.45, 2.75) is 13.8 Å². The van der Waals surface area contributed by atoms with E-state index in [0.29, 0.717) is 11.1 Å². The number of carbonyl (C=O) groups is 1. The molecule has 0 saturated carbocycles. The zero-order valence-electron chi connectivity index (χ0n) is 9.07. The van der Waals surface area contributed by atoms with E-state index in [1.807, 2.05) is 0 Å². The molecule has 0 spiro atoms. The molecule has 0 aliphatic heterocycles. The topological polar surface area (TPSA) is 46.5 Å². The average Bonchev–Trinajstić information content (AvgIpc) is 2.18. The Morgan fingerprint density at radius 1 is 1.20 bits per heavy atom. The maximum atomic E-state index is 11.3. The van der Waals surface area contributed by atoms with Crippen molar-refractivity contribution in [3.8, 4) is 5.75 Å². The molecule has 0 aliphatic rings. The number of methoxy groups -OCH3 is 1. The predicted molar refractivity (Wildman–Crippen MR) is 58.9 cm³/mol. The summed E-state index contributed by atoms with van der Waals surface area (Å²) >= 11 is 0. The molecule has 0 bridgehead atoms. The highest BCUT2D eigenvalue weighted by molar-refractivity contribution is 6.20. The van der Waals surface area contributed by atoms with E-state index in [4.69, 9.17) is 4.74 Å². The highest BCUT2D eigenvalue weighted by atomic mass is 16.5. The summed E-state index contributed by atoms with van der Waals surface area (Å²) < 4.78 is 5.01. The van der Waals surface area contributed by atoms with Crippen molar-refractivity contribution in [1.82, 2.24) is 0 Å². The molecule has 0 amide bonds. The lowest BCUT2D eigenvalue weighted by atomic mass is 10.0. The monoisotopic (exact) mass is 206 g/mol. The summed E-state index contributed by atoms with van der Waals surface area (Å²) in [5.41, 5.74) is 1.04. The van der Waals surface area contributed by atoms with E-state index in [2.05, 4.69) is 0 Å². The molecular weight excluding hydrogens is 192 g/mol. The van der Waals surface area contributed by atoms with Crippen molar-refractivity contribution in [3.05, 3.63) is 35.6 Å². The van der Waals surface area contributed by atoms with Gasteiger partial charge in [-0.05, 0) is 31.5 Å². The Bertz CT molecular complexity index is 384. The normalized spacial score (nSPS) is 11.9. The number of benzene rings is 1. The van der Waals surface area contributed by atoms with Gasteiger partial charge >= 0.3 is 0 Å². The minimum absolute atomic E-state index is 0.0349. The average molecular weight is 206 g/mol. The van der Waals surface area contributed by atoms with Gasteiger partial charge in [0.1, 0.15) is 11.5 Å². The molecule has 15 heavy (non-hydrogen) atoms. The van der Waals surface area contributed by atoms with Crippen molar-refractivity contribution in [2.24, 2.45) is 0 Å². The lowest BCUT2D eigenvalue weighted by Gasteiger charge is -2.06. The lowest BCUT2D eigenvalue weighted by Crippen LogP contribution is -1.99. The Balaban J connectivity index is 3.15. The Hall–Kier alpha value is -1.77. The Labute approximate surface area is 89.0 Å². The fourth-order valence-electron chi connectivity index (χ4n) is 1.42. The van der Waals surface area contributed by atoms with Crippen molar-refractivity contribution in [1.29, 1.82) is 0 Å². The summed E-state index contributed by atoms with van der Waals surface area (Å²) in [6.07, 6.45) is 0. The van der Waals surface area contributed by atoms with E-state index in [-0.39, 0.29) is 11.5 Å². The number of hydrogen-bond donors (Lipinski definition) is 1. The molecule has 0 atom stereocenters. The van der Waals surface area contributed by atoms with Crippen LogP contribution in [0.3, 0.4) is 0 Å². The van der Waals surface area contributed by atoms with E-state index in [0.717, 1.165) is 5.75 Å². The molecule has 0 radical (unpaired) electrons. The number of aliphatic hydroxyl groups is 1. The number of ether oxygens (including phenoxy) is 1. The molecule has 1 rings (SSSR count). The van der Waals surface area contributed by atoms with E-state index >= 15 is 0 Å². The van der Waals surface area contributed by atoms with Crippen LogP contribution in [0, 0.1) is 0 Å². The molecule has 0 unspecified atom stereocenters. The van der Waals surface area contributed by atoms with Crippen molar-refractivity contribution >= 4 is 11.4 Å². The molecule has 80 valence electrons. The number of aliphatic hydroxyl groups excluding tert-OH is 1. The first-order valence-corrected chi connectivity index (χ1v) is 4.61. The summed E-state index contributed by atoms with van der Waals surface area (Å²) in [5.74, 6) is 0.602. The summed E-state index contributed by atoms with van der Waals surface area (Å²) in [6, 6.07) is 6.99. The molecule has 3 heteroatoms. The standard InChI is InChI=1S/C12H14O3/c1-8(13)12(9(2)14)10-4-6-11(15-3)7-5-10/h4-7,13H,1-3H3. The first-order valence-electron chi connectivity index (χ1n) is 4.61. The van der Waals surface area contributed by atoms with E-state index in [1.165, 1.54) is 13.8 Å². The van der Waals surface area contributed by atoms with Gasteiger partial charge in [-0.2, -0.15) is 0 Å². The highest BCUT2D eigenvalue weighted by Gasteiger charge is 2.10. The smallest absolute Gasteiger partial charge is 0.163 e. The lowest BCUT2D eigenvalue weighted by molar-refractivity contribution is -0.111. The fourth-order valence-corrected chi connectivity index (χ4v) is 1.42. The minimum atomic E-state index is -0.153. The molecule has 3 nitrogen and oxygen atoms in total. The van der Waals surface area contributed by atoms with Gasteiger partial charge in [0.2, 0.25) is 0 Å². The zero-order chi connectivity index (χ0) is 11.4. The zero-order valence-corrected chi connectivity index (χ0v) is 9.07. The second kappa shape index (κ2) is 4.64. The van der Waals surface area contributed by atoms with Crippen LogP contribution in [-0.2, 0) is 4.79 Å². The van der Waals surface area contributed by atoms with Gasteiger partial charge in [0, 0.05) is 0 Å². The van der Waals surface area contributed by atoms with Crippen LogP contribution in [0.15, 0.2) is 30.0 Å². The number of allylic oxidation sites excluding steroid dienone is 2. The minimum Gasteiger partial charge on any atom is -0.512 e. The van der Waals surface area contributed by atoms with Gasteiger partial charge in [-0.3, -0.25) is 4.79 Å². The molecule has 0 aliphatic carbocycles. The molecule has 0 aromatic heterocycles. The second-order valence-corrected chi connectivity index (χ2v) is 3.25. The van der Waals surface area contributed by atoms with Gasteiger partial charge in [-0.1, -0.05) is 12.1 Å².